The van der Waals surface area contributed by atoms with Gasteiger partial charge in [-0.2, -0.15) is 0 Å². The number of benzene rings is 1. The Hall–Kier alpha value is -2.70. The summed E-state index contributed by atoms with van der Waals surface area (Å²) in [6.07, 6.45) is 0. The Morgan fingerprint density at radius 3 is 2.57 bits per heavy atom. The second kappa shape index (κ2) is 6.60. The van der Waals surface area contributed by atoms with E-state index in [0.29, 0.717) is 5.69 Å². The minimum Gasteiger partial charge on any atom is -0.480 e. The molecule has 0 radical (unpaired) electrons. The highest BCUT2D eigenvalue weighted by atomic mass is 16.4. The smallest absolute Gasteiger partial charge is 0.323 e. The summed E-state index contributed by atoms with van der Waals surface area (Å²) in [5, 5.41) is 17.0. The van der Waals surface area contributed by atoms with Crippen molar-refractivity contribution in [3.63, 3.8) is 0 Å². The topological polar surface area (TPSA) is 88.3 Å². The fourth-order valence-electron chi connectivity index (χ4n) is 2.30. The molecule has 122 valence electrons. The number of nitrogens with zero attached hydrogens (tertiary/aromatic N) is 4. The van der Waals surface area contributed by atoms with Gasteiger partial charge < -0.3 is 10.0 Å². The highest BCUT2D eigenvalue weighted by Gasteiger charge is 2.26. The van der Waals surface area contributed by atoms with E-state index in [4.69, 9.17) is 5.11 Å². The van der Waals surface area contributed by atoms with Gasteiger partial charge in [-0.3, -0.25) is 9.59 Å². The van der Waals surface area contributed by atoms with Gasteiger partial charge in [0.1, 0.15) is 6.54 Å². The van der Waals surface area contributed by atoms with Crippen LogP contribution in [-0.4, -0.2) is 49.5 Å². The lowest BCUT2D eigenvalue weighted by molar-refractivity contribution is -0.138. The van der Waals surface area contributed by atoms with Crippen LogP contribution in [0.25, 0.3) is 5.69 Å². The number of aromatic nitrogens is 3. The van der Waals surface area contributed by atoms with Gasteiger partial charge in [-0.05, 0) is 45.4 Å². The van der Waals surface area contributed by atoms with Gasteiger partial charge in [0.05, 0.1) is 11.4 Å². The zero-order valence-electron chi connectivity index (χ0n) is 13.6. The molecule has 0 aliphatic heterocycles. The molecule has 1 heterocycles. The van der Waals surface area contributed by atoms with E-state index in [2.05, 4.69) is 10.3 Å². The number of carbonyl (C=O) groups is 2. The first-order chi connectivity index (χ1) is 10.8. The van der Waals surface area contributed by atoms with Crippen molar-refractivity contribution in [1.29, 1.82) is 0 Å². The third-order valence-corrected chi connectivity index (χ3v) is 3.53. The number of hydrogen-bond donors (Lipinski definition) is 1. The van der Waals surface area contributed by atoms with E-state index in [9.17, 15) is 9.59 Å². The van der Waals surface area contributed by atoms with Crippen molar-refractivity contribution in [2.45, 2.75) is 33.7 Å². The molecular weight excluding hydrogens is 296 g/mol. The maximum atomic E-state index is 12.6. The van der Waals surface area contributed by atoms with E-state index >= 15 is 0 Å². The van der Waals surface area contributed by atoms with E-state index in [1.54, 1.807) is 25.5 Å². The fraction of sp³-hybridized carbons (Fsp3) is 0.375. The number of carboxylic acids is 1. The van der Waals surface area contributed by atoms with E-state index < -0.39 is 11.9 Å². The molecule has 2 aromatic rings. The molecule has 1 aromatic carbocycles. The van der Waals surface area contributed by atoms with Crippen molar-refractivity contribution in [3.8, 4) is 5.69 Å². The number of hydrogen-bond acceptors (Lipinski definition) is 4. The molecule has 23 heavy (non-hydrogen) atoms. The predicted molar refractivity (Wildman–Crippen MR) is 84.6 cm³/mol. The first-order valence-electron chi connectivity index (χ1n) is 7.33. The lowest BCUT2D eigenvalue weighted by Gasteiger charge is -2.24. The van der Waals surface area contributed by atoms with E-state index in [1.165, 1.54) is 4.90 Å². The van der Waals surface area contributed by atoms with E-state index in [-0.39, 0.29) is 18.3 Å². The van der Waals surface area contributed by atoms with Gasteiger partial charge in [0.25, 0.3) is 5.91 Å². The van der Waals surface area contributed by atoms with Crippen molar-refractivity contribution in [3.05, 3.63) is 41.2 Å². The number of carboxylic acid groups (broad SMARTS) is 1. The highest BCUT2D eigenvalue weighted by Crippen LogP contribution is 2.16. The molecule has 2 rings (SSSR count). The Morgan fingerprint density at radius 2 is 2.00 bits per heavy atom. The van der Waals surface area contributed by atoms with Gasteiger partial charge in [-0.1, -0.05) is 17.3 Å². The second-order valence-electron chi connectivity index (χ2n) is 5.69. The molecule has 0 spiro atoms. The van der Waals surface area contributed by atoms with Crippen LogP contribution in [-0.2, 0) is 4.79 Å². The summed E-state index contributed by atoms with van der Waals surface area (Å²) in [5.74, 6) is -1.49. The first-order valence-corrected chi connectivity index (χ1v) is 7.33. The van der Waals surface area contributed by atoms with Crippen LogP contribution in [0.15, 0.2) is 24.3 Å². The van der Waals surface area contributed by atoms with Gasteiger partial charge in [-0.25, -0.2) is 4.68 Å². The van der Waals surface area contributed by atoms with Crippen LogP contribution in [0.4, 0.5) is 0 Å². The molecule has 1 aromatic heterocycles. The van der Waals surface area contributed by atoms with Crippen molar-refractivity contribution >= 4 is 11.9 Å². The molecule has 0 saturated heterocycles. The van der Waals surface area contributed by atoms with Crippen molar-refractivity contribution < 1.29 is 14.7 Å². The monoisotopic (exact) mass is 316 g/mol. The Bertz CT molecular complexity index is 737. The first kappa shape index (κ1) is 16.7. The van der Waals surface area contributed by atoms with Gasteiger partial charge in [-0.15, -0.1) is 5.10 Å². The summed E-state index contributed by atoms with van der Waals surface area (Å²) in [4.78, 5) is 24.8. The minimum absolute atomic E-state index is 0.168. The molecule has 7 heteroatoms. The normalized spacial score (nSPS) is 10.8. The van der Waals surface area contributed by atoms with Crippen molar-refractivity contribution in [2.75, 3.05) is 6.54 Å². The second-order valence-corrected chi connectivity index (χ2v) is 5.69. The Labute approximate surface area is 134 Å². The van der Waals surface area contributed by atoms with Crippen LogP contribution in [0.1, 0.15) is 35.6 Å². The van der Waals surface area contributed by atoms with Crippen LogP contribution < -0.4 is 0 Å². The molecule has 7 nitrogen and oxygen atoms in total. The van der Waals surface area contributed by atoms with Crippen molar-refractivity contribution in [1.82, 2.24) is 19.9 Å². The Kier molecular flexibility index (Phi) is 4.78. The average Bonchev–Trinajstić information content (AvgIpc) is 2.85. The SMILES string of the molecule is Cc1cccc(-n2nnc(C(=O)N(CC(=O)O)C(C)C)c2C)c1. The summed E-state index contributed by atoms with van der Waals surface area (Å²) < 4.78 is 1.58. The van der Waals surface area contributed by atoms with Crippen LogP contribution in [0.5, 0.6) is 0 Å². The average molecular weight is 316 g/mol. The van der Waals surface area contributed by atoms with Gasteiger partial charge in [0.15, 0.2) is 5.69 Å². The molecule has 0 unspecified atom stereocenters. The van der Waals surface area contributed by atoms with Crippen LogP contribution >= 0.6 is 0 Å². The molecule has 0 bridgehead atoms. The van der Waals surface area contributed by atoms with Crippen LogP contribution in [0, 0.1) is 13.8 Å². The Balaban J connectivity index is 2.38. The standard InChI is InChI=1S/C16H20N4O3/c1-10(2)19(9-14(21)22)16(23)15-12(4)20(18-17-15)13-7-5-6-11(3)8-13/h5-8,10H,9H2,1-4H3,(H,21,22). The zero-order valence-corrected chi connectivity index (χ0v) is 13.6. The summed E-state index contributed by atoms with van der Waals surface area (Å²) in [5.41, 5.74) is 2.63. The lowest BCUT2D eigenvalue weighted by atomic mass is 10.2. The van der Waals surface area contributed by atoms with Crippen LogP contribution in [0.2, 0.25) is 0 Å². The number of aryl methyl sites for hydroxylation is 1. The summed E-state index contributed by atoms with van der Waals surface area (Å²) in [6.45, 7) is 6.87. The number of carbonyl (C=O) groups excluding carboxylic acids is 1. The molecule has 1 N–H and O–H groups in total. The molecular formula is C16H20N4O3. The quantitative estimate of drug-likeness (QED) is 0.909. The maximum Gasteiger partial charge on any atom is 0.323 e. The predicted octanol–water partition coefficient (Wildman–Crippen LogP) is 1.82. The molecule has 0 saturated carbocycles. The summed E-state index contributed by atoms with van der Waals surface area (Å²) >= 11 is 0. The summed E-state index contributed by atoms with van der Waals surface area (Å²) in [7, 11) is 0. The van der Waals surface area contributed by atoms with Gasteiger partial charge in [0, 0.05) is 6.04 Å². The zero-order chi connectivity index (χ0) is 17.1. The maximum absolute atomic E-state index is 12.6. The third-order valence-electron chi connectivity index (χ3n) is 3.53. The van der Waals surface area contributed by atoms with Gasteiger partial charge in [0.2, 0.25) is 0 Å². The molecule has 1 amide bonds. The fourth-order valence-corrected chi connectivity index (χ4v) is 2.30. The van der Waals surface area contributed by atoms with Gasteiger partial charge >= 0.3 is 5.97 Å². The summed E-state index contributed by atoms with van der Waals surface area (Å²) in [6, 6.07) is 7.43. The third kappa shape index (κ3) is 3.56. The Morgan fingerprint density at radius 1 is 1.30 bits per heavy atom. The molecule has 0 fully saturated rings. The molecule has 0 atom stereocenters. The minimum atomic E-state index is -1.06. The highest BCUT2D eigenvalue weighted by molar-refractivity contribution is 5.95. The number of aliphatic carboxylic acids is 1. The molecule has 0 aliphatic rings. The number of rotatable bonds is 5. The largest absolute Gasteiger partial charge is 0.480 e. The lowest BCUT2D eigenvalue weighted by Crippen LogP contribution is -2.41. The van der Waals surface area contributed by atoms with E-state index in [1.807, 2.05) is 31.2 Å². The van der Waals surface area contributed by atoms with Crippen molar-refractivity contribution in [2.24, 2.45) is 0 Å². The van der Waals surface area contributed by atoms with Crippen LogP contribution in [0.3, 0.4) is 0 Å². The van der Waals surface area contributed by atoms with E-state index in [0.717, 1.165) is 11.3 Å². The number of amides is 1. The molecule has 0 aliphatic carbocycles.